The van der Waals surface area contributed by atoms with Crippen molar-refractivity contribution < 1.29 is 14.8 Å². The molecule has 1 heterocycles. The third kappa shape index (κ3) is 4.86. The third-order valence-corrected chi connectivity index (χ3v) is 5.07. The van der Waals surface area contributed by atoms with E-state index in [0.717, 1.165) is 11.1 Å². The molecule has 1 atom stereocenters. The predicted molar refractivity (Wildman–Crippen MR) is 107 cm³/mol. The summed E-state index contributed by atoms with van der Waals surface area (Å²) in [6, 6.07) is 13.6. The van der Waals surface area contributed by atoms with Gasteiger partial charge in [0.1, 0.15) is 11.7 Å². The minimum Gasteiger partial charge on any atom is -0.393 e. The Hall–Kier alpha value is -2.93. The van der Waals surface area contributed by atoms with Crippen LogP contribution in [-0.4, -0.2) is 46.1 Å². The number of nitro groups is 1. The number of aryl methyl sites for hydroxylation is 1. The highest BCUT2D eigenvalue weighted by molar-refractivity contribution is 5.86. The molecular weight excluding hydrogens is 358 g/mol. The fourth-order valence-electron chi connectivity index (χ4n) is 3.41. The van der Waals surface area contributed by atoms with Crippen LogP contribution in [0.3, 0.4) is 0 Å². The number of carbonyl (C=O) groups excluding carboxylic acids is 1. The number of nitrogens with one attached hydrogen (secondary N) is 1. The molecule has 0 spiro atoms. The van der Waals surface area contributed by atoms with Crippen molar-refractivity contribution in [3.05, 3.63) is 69.8 Å². The minimum absolute atomic E-state index is 0.0572. The zero-order valence-electron chi connectivity index (χ0n) is 15.9. The molecule has 7 nitrogen and oxygen atoms in total. The van der Waals surface area contributed by atoms with Crippen molar-refractivity contribution in [2.75, 3.05) is 18.4 Å². The van der Waals surface area contributed by atoms with E-state index in [-0.39, 0.29) is 17.7 Å². The van der Waals surface area contributed by atoms with Gasteiger partial charge in [0, 0.05) is 25.6 Å². The highest BCUT2D eigenvalue weighted by Gasteiger charge is 2.29. The molecule has 2 aromatic carbocycles. The Labute approximate surface area is 164 Å². The second-order valence-corrected chi connectivity index (χ2v) is 7.22. The molecule has 0 aliphatic carbocycles. The number of hydrogen-bond donors (Lipinski definition) is 2. The first-order valence-electron chi connectivity index (χ1n) is 9.46. The summed E-state index contributed by atoms with van der Waals surface area (Å²) in [6.07, 6.45) is 1.15. The average molecular weight is 383 g/mol. The summed E-state index contributed by atoms with van der Waals surface area (Å²) in [7, 11) is 0. The number of aliphatic hydroxyl groups is 1. The van der Waals surface area contributed by atoms with Gasteiger partial charge in [-0.1, -0.05) is 42.0 Å². The van der Waals surface area contributed by atoms with Gasteiger partial charge in [-0.05, 0) is 31.4 Å². The van der Waals surface area contributed by atoms with Crippen LogP contribution in [0.2, 0.25) is 0 Å². The fraction of sp³-hybridized carbons (Fsp3) is 0.381. The van der Waals surface area contributed by atoms with E-state index >= 15 is 0 Å². The van der Waals surface area contributed by atoms with Crippen molar-refractivity contribution in [3.8, 4) is 0 Å². The number of piperidine rings is 1. The van der Waals surface area contributed by atoms with E-state index < -0.39 is 11.0 Å². The van der Waals surface area contributed by atoms with Gasteiger partial charge in [0.15, 0.2) is 0 Å². The number of hydrogen-bond acceptors (Lipinski definition) is 5. The number of amides is 1. The van der Waals surface area contributed by atoms with Gasteiger partial charge >= 0.3 is 0 Å². The SMILES string of the molecule is Cc1ccc(C[C@H](Nc2ccccc2[N+](=O)[O-])C(=O)N2CCC(O)CC2)cc1. The lowest BCUT2D eigenvalue weighted by atomic mass is 10.0. The lowest BCUT2D eigenvalue weighted by Gasteiger charge is -2.33. The first-order chi connectivity index (χ1) is 13.4. The zero-order valence-corrected chi connectivity index (χ0v) is 15.9. The number of nitrogens with zero attached hydrogens (tertiary/aromatic N) is 2. The molecule has 7 heteroatoms. The smallest absolute Gasteiger partial charge is 0.292 e. The number of carbonyl (C=O) groups is 1. The Balaban J connectivity index is 1.84. The van der Waals surface area contributed by atoms with Gasteiger partial charge in [-0.2, -0.15) is 0 Å². The Morgan fingerprint density at radius 1 is 1.21 bits per heavy atom. The van der Waals surface area contributed by atoms with Crippen LogP contribution < -0.4 is 5.32 Å². The summed E-state index contributed by atoms with van der Waals surface area (Å²) >= 11 is 0. The Morgan fingerprint density at radius 3 is 2.50 bits per heavy atom. The second kappa shape index (κ2) is 8.84. The molecule has 28 heavy (non-hydrogen) atoms. The van der Waals surface area contributed by atoms with Crippen molar-refractivity contribution in [3.63, 3.8) is 0 Å². The number of benzene rings is 2. The molecule has 2 N–H and O–H groups in total. The molecule has 0 radical (unpaired) electrons. The number of anilines is 1. The molecule has 1 aliphatic heterocycles. The van der Waals surface area contributed by atoms with Crippen LogP contribution in [0.15, 0.2) is 48.5 Å². The van der Waals surface area contributed by atoms with Crippen molar-refractivity contribution in [2.24, 2.45) is 0 Å². The number of para-hydroxylation sites is 2. The fourth-order valence-corrected chi connectivity index (χ4v) is 3.41. The Morgan fingerprint density at radius 2 is 1.86 bits per heavy atom. The molecule has 1 amide bonds. The van der Waals surface area contributed by atoms with E-state index in [1.807, 2.05) is 31.2 Å². The molecule has 0 unspecified atom stereocenters. The molecule has 1 aliphatic rings. The topological polar surface area (TPSA) is 95.7 Å². The van der Waals surface area contributed by atoms with E-state index in [0.29, 0.717) is 38.0 Å². The predicted octanol–water partition coefficient (Wildman–Crippen LogP) is 2.91. The summed E-state index contributed by atoms with van der Waals surface area (Å²) in [4.78, 5) is 25.8. The first kappa shape index (κ1) is 19.8. The molecule has 0 bridgehead atoms. The summed E-state index contributed by atoms with van der Waals surface area (Å²) in [5.74, 6) is -0.106. The summed E-state index contributed by atoms with van der Waals surface area (Å²) < 4.78 is 0. The number of aliphatic hydroxyl groups excluding tert-OH is 1. The second-order valence-electron chi connectivity index (χ2n) is 7.22. The maximum Gasteiger partial charge on any atom is 0.292 e. The van der Waals surface area contributed by atoms with Gasteiger partial charge in [-0.25, -0.2) is 0 Å². The summed E-state index contributed by atoms with van der Waals surface area (Å²) in [5, 5.41) is 24.2. The molecule has 3 rings (SSSR count). The molecule has 1 fully saturated rings. The standard InChI is InChI=1S/C21H25N3O4/c1-15-6-8-16(9-7-15)14-19(21(26)23-12-10-17(25)11-13-23)22-18-4-2-3-5-20(18)24(27)28/h2-9,17,19,22,25H,10-14H2,1H3/t19-/m0/s1. The largest absolute Gasteiger partial charge is 0.393 e. The van der Waals surface area contributed by atoms with Crippen molar-refractivity contribution >= 4 is 17.3 Å². The lowest BCUT2D eigenvalue weighted by molar-refractivity contribution is -0.384. The zero-order chi connectivity index (χ0) is 20.1. The Bertz CT molecular complexity index is 830. The van der Waals surface area contributed by atoms with Crippen molar-refractivity contribution in [2.45, 2.75) is 38.3 Å². The van der Waals surface area contributed by atoms with Gasteiger partial charge in [-0.3, -0.25) is 14.9 Å². The lowest BCUT2D eigenvalue weighted by Crippen LogP contribution is -2.48. The normalized spacial score (nSPS) is 15.9. The summed E-state index contributed by atoms with van der Waals surface area (Å²) in [5.41, 5.74) is 2.38. The molecule has 2 aromatic rings. The highest BCUT2D eigenvalue weighted by Crippen LogP contribution is 2.25. The molecule has 1 saturated heterocycles. The molecule has 0 saturated carbocycles. The van der Waals surface area contributed by atoms with Crippen LogP contribution in [0.1, 0.15) is 24.0 Å². The van der Waals surface area contributed by atoms with E-state index in [2.05, 4.69) is 5.32 Å². The van der Waals surface area contributed by atoms with Crippen LogP contribution in [0.25, 0.3) is 0 Å². The molecule has 0 aromatic heterocycles. The molecule has 148 valence electrons. The van der Waals surface area contributed by atoms with Gasteiger partial charge in [0.2, 0.25) is 5.91 Å². The quantitative estimate of drug-likeness (QED) is 0.591. The maximum atomic E-state index is 13.2. The van der Waals surface area contributed by atoms with Crippen molar-refractivity contribution in [1.29, 1.82) is 0 Å². The first-order valence-corrected chi connectivity index (χ1v) is 9.46. The number of nitro benzene ring substituents is 1. The average Bonchev–Trinajstić information content (AvgIpc) is 2.69. The Kier molecular flexibility index (Phi) is 6.26. The van der Waals surface area contributed by atoms with Crippen LogP contribution in [0, 0.1) is 17.0 Å². The number of likely N-dealkylation sites (tertiary alicyclic amines) is 1. The maximum absolute atomic E-state index is 13.2. The van der Waals surface area contributed by atoms with Crippen molar-refractivity contribution in [1.82, 2.24) is 4.90 Å². The van der Waals surface area contributed by atoms with Crippen LogP contribution in [0.4, 0.5) is 11.4 Å². The van der Waals surface area contributed by atoms with Crippen LogP contribution in [-0.2, 0) is 11.2 Å². The van der Waals surface area contributed by atoms with Gasteiger partial charge in [-0.15, -0.1) is 0 Å². The third-order valence-electron chi connectivity index (χ3n) is 5.07. The minimum atomic E-state index is -0.626. The van der Waals surface area contributed by atoms with E-state index in [1.54, 1.807) is 23.1 Å². The van der Waals surface area contributed by atoms with E-state index in [1.165, 1.54) is 6.07 Å². The van der Waals surface area contributed by atoms with Gasteiger partial charge < -0.3 is 15.3 Å². The highest BCUT2D eigenvalue weighted by atomic mass is 16.6. The number of rotatable bonds is 6. The monoisotopic (exact) mass is 383 g/mol. The van der Waals surface area contributed by atoms with Gasteiger partial charge in [0.05, 0.1) is 11.0 Å². The summed E-state index contributed by atoms with van der Waals surface area (Å²) in [6.45, 7) is 2.98. The molecular formula is C21H25N3O4. The van der Waals surface area contributed by atoms with Gasteiger partial charge in [0.25, 0.3) is 5.69 Å². The van der Waals surface area contributed by atoms with E-state index in [9.17, 15) is 20.0 Å². The van der Waals surface area contributed by atoms with E-state index in [4.69, 9.17) is 0 Å². The van der Waals surface area contributed by atoms with Crippen LogP contribution >= 0.6 is 0 Å². The van der Waals surface area contributed by atoms with Crippen LogP contribution in [0.5, 0.6) is 0 Å².